The van der Waals surface area contributed by atoms with Gasteiger partial charge in [0.1, 0.15) is 5.69 Å². The number of hydrogen-bond acceptors (Lipinski definition) is 3. The first-order valence-corrected chi connectivity index (χ1v) is 13.4. The van der Waals surface area contributed by atoms with Crippen molar-refractivity contribution in [1.29, 1.82) is 0 Å². The summed E-state index contributed by atoms with van der Waals surface area (Å²) in [7, 11) is 1.68. The second kappa shape index (κ2) is 9.46. The summed E-state index contributed by atoms with van der Waals surface area (Å²) in [5.74, 6) is 2.11. The number of aliphatic hydroxyl groups is 1. The Kier molecular flexibility index (Phi) is 6.56. The summed E-state index contributed by atoms with van der Waals surface area (Å²) in [5, 5.41) is 18.6. The lowest BCUT2D eigenvalue weighted by Crippen LogP contribution is -2.30. The number of aromatic nitrogens is 2. The summed E-state index contributed by atoms with van der Waals surface area (Å²) in [5.41, 5.74) is 5.15. The van der Waals surface area contributed by atoms with Crippen LogP contribution in [0.3, 0.4) is 0 Å². The van der Waals surface area contributed by atoms with Gasteiger partial charge in [-0.05, 0) is 110 Å². The molecule has 34 heavy (non-hydrogen) atoms. The number of fused-ring (bicyclic) bond motifs is 1. The minimum atomic E-state index is -0.123. The van der Waals surface area contributed by atoms with Crippen molar-refractivity contribution in [3.63, 3.8) is 0 Å². The third-order valence-corrected chi connectivity index (χ3v) is 7.96. The van der Waals surface area contributed by atoms with E-state index in [0.717, 1.165) is 46.7 Å². The number of aliphatic hydroxyl groups excluding tert-OH is 1. The smallest absolute Gasteiger partial charge is 0.270 e. The molecule has 0 spiro atoms. The Morgan fingerprint density at radius 1 is 1.21 bits per heavy atom. The standard InChI is InChI=1S/C28H34BrN3O2/c1-16(2)10-19(11-17-12-22(33)13-17)24-15-26-25(14-23(24)18-4-5-18)27(28(34)30-3)32(31-26)21-8-6-20(29)7-9-21/h6-9,14-19,22,33H,4-5,10-13H2,1-3H3,(H,30,34). The number of hydrogen-bond donors (Lipinski definition) is 2. The van der Waals surface area contributed by atoms with Crippen molar-refractivity contribution in [2.75, 3.05) is 7.05 Å². The maximum Gasteiger partial charge on any atom is 0.270 e. The molecule has 5 nitrogen and oxygen atoms in total. The summed E-state index contributed by atoms with van der Waals surface area (Å²) in [6, 6.07) is 12.4. The molecule has 6 heteroatoms. The molecule has 1 atom stereocenters. The highest BCUT2D eigenvalue weighted by molar-refractivity contribution is 9.10. The van der Waals surface area contributed by atoms with Crippen molar-refractivity contribution in [2.24, 2.45) is 11.8 Å². The minimum absolute atomic E-state index is 0.119. The third kappa shape index (κ3) is 4.67. The third-order valence-electron chi connectivity index (χ3n) is 7.43. The molecule has 2 saturated carbocycles. The Labute approximate surface area is 210 Å². The van der Waals surface area contributed by atoms with Gasteiger partial charge in [-0.25, -0.2) is 4.68 Å². The predicted octanol–water partition coefficient (Wildman–Crippen LogP) is 6.32. The first-order valence-electron chi connectivity index (χ1n) is 12.6. The van der Waals surface area contributed by atoms with Crippen LogP contribution in [0.25, 0.3) is 16.6 Å². The molecule has 180 valence electrons. The predicted molar refractivity (Wildman–Crippen MR) is 140 cm³/mol. The van der Waals surface area contributed by atoms with E-state index in [-0.39, 0.29) is 12.0 Å². The average molecular weight is 525 g/mol. The van der Waals surface area contributed by atoms with Gasteiger partial charge in [-0.3, -0.25) is 4.79 Å². The highest BCUT2D eigenvalue weighted by Crippen LogP contribution is 2.48. The molecule has 1 heterocycles. The second-order valence-corrected chi connectivity index (χ2v) is 11.6. The molecule has 2 aliphatic rings. The Bertz CT molecular complexity index is 1190. The Morgan fingerprint density at radius 2 is 1.91 bits per heavy atom. The Balaban J connectivity index is 1.64. The van der Waals surface area contributed by atoms with E-state index in [9.17, 15) is 9.90 Å². The van der Waals surface area contributed by atoms with Crippen LogP contribution in [0.1, 0.15) is 85.8 Å². The zero-order chi connectivity index (χ0) is 24.0. The lowest BCUT2D eigenvalue weighted by molar-refractivity contribution is 0.0349. The van der Waals surface area contributed by atoms with E-state index in [0.29, 0.717) is 29.4 Å². The van der Waals surface area contributed by atoms with Gasteiger partial charge >= 0.3 is 0 Å². The van der Waals surface area contributed by atoms with E-state index in [2.05, 4.69) is 47.2 Å². The van der Waals surface area contributed by atoms with Crippen molar-refractivity contribution in [2.45, 2.75) is 70.3 Å². The van der Waals surface area contributed by atoms with Crippen molar-refractivity contribution in [3.05, 3.63) is 57.7 Å². The fourth-order valence-electron chi connectivity index (χ4n) is 5.59. The normalized spacial score (nSPS) is 21.0. The van der Waals surface area contributed by atoms with Crippen molar-refractivity contribution >= 4 is 32.7 Å². The molecule has 1 amide bonds. The number of nitrogens with zero attached hydrogens (tertiary/aromatic N) is 2. The van der Waals surface area contributed by atoms with Gasteiger partial charge in [0.05, 0.1) is 17.3 Å². The minimum Gasteiger partial charge on any atom is -0.393 e. The van der Waals surface area contributed by atoms with Gasteiger partial charge in [-0.1, -0.05) is 29.8 Å². The molecular weight excluding hydrogens is 490 g/mol. The molecule has 1 unspecified atom stereocenters. The number of rotatable bonds is 8. The maximum absolute atomic E-state index is 13.0. The molecule has 1 aromatic heterocycles. The van der Waals surface area contributed by atoms with Gasteiger partial charge in [0.2, 0.25) is 0 Å². The van der Waals surface area contributed by atoms with Gasteiger partial charge in [-0.15, -0.1) is 0 Å². The number of amides is 1. The van der Waals surface area contributed by atoms with Crippen LogP contribution >= 0.6 is 15.9 Å². The van der Waals surface area contributed by atoms with Crippen molar-refractivity contribution in [1.82, 2.24) is 15.1 Å². The lowest BCUT2D eigenvalue weighted by atomic mass is 9.72. The molecule has 2 aromatic carbocycles. The monoisotopic (exact) mass is 523 g/mol. The molecule has 2 fully saturated rings. The number of halogens is 1. The van der Waals surface area contributed by atoms with Crippen LogP contribution in [-0.4, -0.2) is 33.9 Å². The maximum atomic E-state index is 13.0. The summed E-state index contributed by atoms with van der Waals surface area (Å²) < 4.78 is 2.78. The number of carbonyl (C=O) groups is 1. The van der Waals surface area contributed by atoms with E-state index in [4.69, 9.17) is 5.10 Å². The van der Waals surface area contributed by atoms with E-state index in [1.54, 1.807) is 11.7 Å². The summed E-state index contributed by atoms with van der Waals surface area (Å²) in [4.78, 5) is 13.0. The van der Waals surface area contributed by atoms with Crippen LogP contribution in [0, 0.1) is 11.8 Å². The van der Waals surface area contributed by atoms with Crippen LogP contribution < -0.4 is 5.32 Å². The Hall–Kier alpha value is -2.18. The average Bonchev–Trinajstić information content (AvgIpc) is 3.57. The molecule has 0 bridgehead atoms. The molecule has 2 aliphatic carbocycles. The highest BCUT2D eigenvalue weighted by atomic mass is 79.9. The van der Waals surface area contributed by atoms with Crippen LogP contribution in [0.5, 0.6) is 0 Å². The van der Waals surface area contributed by atoms with E-state index >= 15 is 0 Å². The lowest BCUT2D eigenvalue weighted by Gasteiger charge is -2.35. The zero-order valence-corrected chi connectivity index (χ0v) is 21.8. The first-order chi connectivity index (χ1) is 16.3. The van der Waals surface area contributed by atoms with Crippen molar-refractivity contribution in [3.8, 4) is 5.69 Å². The van der Waals surface area contributed by atoms with E-state index < -0.39 is 0 Å². The molecular formula is C28H34BrN3O2. The topological polar surface area (TPSA) is 67.2 Å². The van der Waals surface area contributed by atoms with Gasteiger partial charge in [0.15, 0.2) is 0 Å². The molecule has 0 aliphatic heterocycles. The van der Waals surface area contributed by atoms with Gasteiger partial charge < -0.3 is 10.4 Å². The quantitative estimate of drug-likeness (QED) is 0.363. The van der Waals surface area contributed by atoms with Crippen molar-refractivity contribution < 1.29 is 9.90 Å². The number of nitrogens with one attached hydrogen (secondary N) is 1. The number of benzene rings is 2. The molecule has 0 radical (unpaired) electrons. The molecule has 5 rings (SSSR count). The van der Waals surface area contributed by atoms with Crippen LogP contribution in [0.2, 0.25) is 0 Å². The highest BCUT2D eigenvalue weighted by Gasteiger charge is 2.34. The fourth-order valence-corrected chi connectivity index (χ4v) is 5.85. The second-order valence-electron chi connectivity index (χ2n) is 10.6. The summed E-state index contributed by atoms with van der Waals surface area (Å²) in [6.45, 7) is 4.59. The van der Waals surface area contributed by atoms with Crippen LogP contribution in [0.4, 0.5) is 0 Å². The fraction of sp³-hybridized carbons (Fsp3) is 0.500. The SMILES string of the molecule is CNC(=O)c1c2cc(C3CC3)c(C(CC(C)C)CC3CC(O)C3)cc2nn1-c1ccc(Br)cc1. The van der Waals surface area contributed by atoms with Gasteiger partial charge in [0.25, 0.3) is 5.91 Å². The van der Waals surface area contributed by atoms with Gasteiger partial charge in [-0.2, -0.15) is 5.10 Å². The van der Waals surface area contributed by atoms with E-state index in [1.165, 1.54) is 24.0 Å². The molecule has 0 saturated heterocycles. The summed E-state index contributed by atoms with van der Waals surface area (Å²) in [6.07, 6.45) is 6.41. The largest absolute Gasteiger partial charge is 0.393 e. The molecule has 2 N–H and O–H groups in total. The zero-order valence-electron chi connectivity index (χ0n) is 20.2. The van der Waals surface area contributed by atoms with Crippen LogP contribution in [0.15, 0.2) is 40.9 Å². The van der Waals surface area contributed by atoms with Gasteiger partial charge in [0, 0.05) is 16.9 Å². The van der Waals surface area contributed by atoms with Crippen LogP contribution in [-0.2, 0) is 0 Å². The Morgan fingerprint density at radius 3 is 2.50 bits per heavy atom. The van der Waals surface area contributed by atoms with E-state index in [1.807, 2.05) is 24.3 Å². The number of carbonyl (C=O) groups excluding carboxylic acids is 1. The first kappa shape index (κ1) is 23.6. The summed E-state index contributed by atoms with van der Waals surface area (Å²) >= 11 is 3.50. The molecule has 3 aromatic rings.